The summed E-state index contributed by atoms with van der Waals surface area (Å²) in [7, 11) is 0. The second-order valence-electron chi connectivity index (χ2n) is 8.10. The summed E-state index contributed by atoms with van der Waals surface area (Å²) in [6, 6.07) is 10.1. The third-order valence-electron chi connectivity index (χ3n) is 5.76. The number of rotatable bonds is 4. The van der Waals surface area contributed by atoms with Gasteiger partial charge in [-0.05, 0) is 49.8 Å². The van der Waals surface area contributed by atoms with Crippen LogP contribution in [-0.2, 0) is 9.59 Å². The lowest BCUT2D eigenvalue weighted by molar-refractivity contribution is -0.655. The van der Waals surface area contributed by atoms with Crippen molar-refractivity contribution in [3.05, 3.63) is 68.8 Å². The van der Waals surface area contributed by atoms with Crippen LogP contribution in [0.3, 0.4) is 0 Å². The first-order valence-corrected chi connectivity index (χ1v) is 11.0. The normalized spacial score (nSPS) is 17.5. The minimum absolute atomic E-state index is 0. The molecular weight excluding hydrogens is 478 g/mol. The first-order chi connectivity index (χ1) is 15.8. The zero-order valence-electron chi connectivity index (χ0n) is 18.7. The molecule has 0 aliphatic carbocycles. The topological polar surface area (TPSA) is 112 Å². The number of nitrogens with zero attached hydrogens (tertiary/aromatic N) is 3. The Bertz CT molecular complexity index is 1210. The molecule has 2 aliphatic heterocycles. The van der Waals surface area contributed by atoms with Crippen molar-refractivity contribution in [3.8, 4) is 0 Å². The van der Waals surface area contributed by atoms with Crippen LogP contribution >= 0.6 is 12.2 Å². The van der Waals surface area contributed by atoms with Gasteiger partial charge in [0.15, 0.2) is 5.11 Å². The number of hydrogen-bond donors (Lipinski definition) is 2. The van der Waals surface area contributed by atoms with E-state index in [0.29, 0.717) is 11.3 Å². The van der Waals surface area contributed by atoms with E-state index < -0.39 is 16.7 Å². The quantitative estimate of drug-likeness (QED) is 0.172. The summed E-state index contributed by atoms with van der Waals surface area (Å²) in [6.45, 7) is 7.11. The van der Waals surface area contributed by atoms with Crippen LogP contribution in [0.5, 0.6) is 0 Å². The summed E-state index contributed by atoms with van der Waals surface area (Å²) in [5.41, 5.74) is 3.39. The molecule has 2 saturated heterocycles. The van der Waals surface area contributed by atoms with E-state index in [-0.39, 0.29) is 28.8 Å². The minimum atomic E-state index is -0.629. The lowest BCUT2D eigenvalue weighted by Crippen LogP contribution is -3.00. The number of nitro benzene ring substituents is 1. The lowest BCUT2D eigenvalue weighted by atomic mass is 10.0. The van der Waals surface area contributed by atoms with Gasteiger partial charge < -0.3 is 22.6 Å². The highest BCUT2D eigenvalue weighted by Crippen LogP contribution is 2.30. The summed E-state index contributed by atoms with van der Waals surface area (Å²) < 4.78 is 0. The maximum Gasteiger partial charge on any atom is 0.270 e. The Morgan fingerprint density at radius 2 is 1.76 bits per heavy atom. The molecular formula is C23H24ClN5O4S. The van der Waals surface area contributed by atoms with Crippen molar-refractivity contribution in [2.45, 2.75) is 13.8 Å². The molecule has 4 rings (SSSR count). The van der Waals surface area contributed by atoms with E-state index in [1.165, 1.54) is 23.1 Å². The molecule has 3 N–H and O–H groups in total. The van der Waals surface area contributed by atoms with Crippen LogP contribution in [0, 0.1) is 24.0 Å². The Morgan fingerprint density at radius 1 is 1.09 bits per heavy atom. The summed E-state index contributed by atoms with van der Waals surface area (Å²) in [5.74, 6) is -1.20. The fraction of sp³-hybridized carbons (Fsp3) is 0.261. The number of quaternary nitrogens is 1. The van der Waals surface area contributed by atoms with E-state index >= 15 is 0 Å². The van der Waals surface area contributed by atoms with Gasteiger partial charge in [-0.15, -0.1) is 0 Å². The summed E-state index contributed by atoms with van der Waals surface area (Å²) >= 11 is 5.30. The standard InChI is InChI=1S/C23H23N5O4S.ClH/c1-14-3-5-19(15(2)11-14)27-22(30)18(21(29)25-23(27)33)13-16-12-17(28(31)32)4-6-20(16)26-9-7-24-8-10-26;/h3-6,11-13,24H,7-10H2,1-2H3,(H,25,29,33);1H/b18-13-;. The molecule has 2 heterocycles. The second-order valence-corrected chi connectivity index (χ2v) is 8.49. The number of halogens is 1. The molecule has 2 aliphatic rings. The molecule has 0 radical (unpaired) electrons. The molecule has 0 aromatic heterocycles. The molecule has 0 bridgehead atoms. The molecule has 0 atom stereocenters. The molecule has 9 nitrogen and oxygen atoms in total. The Kier molecular flexibility index (Phi) is 7.65. The van der Waals surface area contributed by atoms with E-state index in [2.05, 4.69) is 15.5 Å². The van der Waals surface area contributed by atoms with Gasteiger partial charge in [-0.3, -0.25) is 29.9 Å². The number of nitro groups is 1. The first kappa shape index (κ1) is 25.3. The van der Waals surface area contributed by atoms with Crippen molar-refractivity contribution >= 4 is 52.3 Å². The molecule has 0 saturated carbocycles. The number of thiocarbonyl (C=S) groups is 1. The van der Waals surface area contributed by atoms with E-state index in [4.69, 9.17) is 12.2 Å². The molecule has 178 valence electrons. The van der Waals surface area contributed by atoms with Crippen molar-refractivity contribution in [2.75, 3.05) is 36.0 Å². The smallest absolute Gasteiger partial charge is 0.270 e. The molecule has 0 unspecified atom stereocenters. The summed E-state index contributed by atoms with van der Waals surface area (Å²) in [4.78, 5) is 40.5. The number of carbonyl (C=O) groups is 2. The SMILES string of the molecule is Cc1ccc(N2C(=O)/C(=C\c3cc([N+](=O)[O-])ccc3N3CC[NH2+]CC3)C(=O)NC2=S)c(C)c1.[Cl-]. The van der Waals surface area contributed by atoms with Crippen LogP contribution in [0.2, 0.25) is 0 Å². The highest BCUT2D eigenvalue weighted by molar-refractivity contribution is 7.80. The van der Waals surface area contributed by atoms with Crippen molar-refractivity contribution in [1.82, 2.24) is 5.32 Å². The van der Waals surface area contributed by atoms with Crippen LogP contribution < -0.4 is 32.8 Å². The second kappa shape index (κ2) is 10.3. The molecule has 11 heteroatoms. The number of benzene rings is 2. The molecule has 2 aromatic rings. The summed E-state index contributed by atoms with van der Waals surface area (Å²) in [5, 5.41) is 16.2. The number of nitrogens with one attached hydrogen (secondary N) is 1. The average Bonchev–Trinajstić information content (AvgIpc) is 2.78. The van der Waals surface area contributed by atoms with Gasteiger partial charge in [-0.25, -0.2) is 0 Å². The number of carbonyl (C=O) groups excluding carboxylic acids is 2. The molecule has 34 heavy (non-hydrogen) atoms. The van der Waals surface area contributed by atoms with Crippen LogP contribution in [0.1, 0.15) is 16.7 Å². The molecule has 2 fully saturated rings. The number of aryl methyl sites for hydroxylation is 2. The lowest BCUT2D eigenvalue weighted by Gasteiger charge is -2.31. The van der Waals surface area contributed by atoms with Crippen LogP contribution in [0.25, 0.3) is 6.08 Å². The zero-order chi connectivity index (χ0) is 23.7. The fourth-order valence-corrected chi connectivity index (χ4v) is 4.41. The van der Waals surface area contributed by atoms with E-state index in [1.807, 2.05) is 26.0 Å². The first-order valence-electron chi connectivity index (χ1n) is 10.6. The Balaban J connectivity index is 0.00000324. The molecule has 2 aromatic carbocycles. The van der Waals surface area contributed by atoms with E-state index in [1.54, 1.807) is 12.1 Å². The van der Waals surface area contributed by atoms with Crippen LogP contribution in [0.4, 0.5) is 17.1 Å². The Morgan fingerprint density at radius 3 is 2.41 bits per heavy atom. The fourth-order valence-electron chi connectivity index (χ4n) is 4.14. The number of amides is 2. The number of nitrogens with two attached hydrogens (primary N) is 1. The van der Waals surface area contributed by atoms with Crippen molar-refractivity contribution < 1.29 is 32.2 Å². The molecule has 0 spiro atoms. The predicted octanol–water partition coefficient (Wildman–Crippen LogP) is -1.57. The van der Waals surface area contributed by atoms with Crippen LogP contribution in [0.15, 0.2) is 42.0 Å². The van der Waals surface area contributed by atoms with Gasteiger partial charge in [0.1, 0.15) is 5.57 Å². The number of hydrogen-bond acceptors (Lipinski definition) is 6. The van der Waals surface area contributed by atoms with Crippen molar-refractivity contribution in [1.29, 1.82) is 0 Å². The third-order valence-corrected chi connectivity index (χ3v) is 6.05. The van der Waals surface area contributed by atoms with E-state index in [0.717, 1.165) is 43.0 Å². The van der Waals surface area contributed by atoms with Gasteiger partial charge in [0.2, 0.25) is 0 Å². The van der Waals surface area contributed by atoms with Gasteiger partial charge in [0.25, 0.3) is 17.5 Å². The predicted molar refractivity (Wildman–Crippen MR) is 129 cm³/mol. The average molecular weight is 502 g/mol. The third kappa shape index (κ3) is 4.93. The van der Waals surface area contributed by atoms with Gasteiger partial charge >= 0.3 is 0 Å². The van der Waals surface area contributed by atoms with Gasteiger partial charge in [0.05, 0.1) is 36.8 Å². The highest BCUT2D eigenvalue weighted by atomic mass is 35.5. The van der Waals surface area contributed by atoms with E-state index in [9.17, 15) is 19.7 Å². The molecule has 2 amide bonds. The maximum atomic E-state index is 13.5. The zero-order valence-corrected chi connectivity index (χ0v) is 20.3. The maximum absolute atomic E-state index is 13.5. The number of anilines is 2. The van der Waals surface area contributed by atoms with Gasteiger partial charge in [-0.2, -0.15) is 0 Å². The van der Waals surface area contributed by atoms with Gasteiger partial charge in [-0.1, -0.05) is 17.7 Å². The number of non-ortho nitro benzene ring substituents is 1. The monoisotopic (exact) mass is 501 g/mol. The van der Waals surface area contributed by atoms with Crippen molar-refractivity contribution in [3.63, 3.8) is 0 Å². The minimum Gasteiger partial charge on any atom is -1.00 e. The van der Waals surface area contributed by atoms with Gasteiger partial charge in [0, 0.05) is 23.4 Å². The Hall–Kier alpha value is -3.34. The largest absolute Gasteiger partial charge is 1.00 e. The number of piperazine rings is 1. The Labute approximate surface area is 208 Å². The van der Waals surface area contributed by atoms with Crippen molar-refractivity contribution in [2.24, 2.45) is 0 Å². The highest BCUT2D eigenvalue weighted by Gasteiger charge is 2.35. The van der Waals surface area contributed by atoms with Crippen LogP contribution in [-0.4, -0.2) is 48.0 Å². The summed E-state index contributed by atoms with van der Waals surface area (Å²) in [6.07, 6.45) is 1.43.